The van der Waals surface area contributed by atoms with E-state index in [1.807, 2.05) is 61.9 Å². The van der Waals surface area contributed by atoms with Gasteiger partial charge in [0.2, 0.25) is 0 Å². The second kappa shape index (κ2) is 9.86. The summed E-state index contributed by atoms with van der Waals surface area (Å²) in [5, 5.41) is 4.58. The van der Waals surface area contributed by atoms with Gasteiger partial charge in [-0.3, -0.25) is 0 Å². The van der Waals surface area contributed by atoms with Gasteiger partial charge in [0.25, 0.3) is 0 Å². The highest BCUT2D eigenvalue weighted by atomic mass is 32.2. The number of benzene rings is 1. The Labute approximate surface area is 194 Å². The topological polar surface area (TPSA) is 61.6 Å². The average molecular weight is 454 g/mol. The molecule has 1 saturated carbocycles. The number of nitrogens with zero attached hydrogens (tertiary/aromatic N) is 2. The molecule has 3 aromatic rings. The molecule has 0 radical (unpaired) electrons. The second-order valence-electron chi connectivity index (χ2n) is 9.97. The van der Waals surface area contributed by atoms with Gasteiger partial charge in [-0.05, 0) is 76.8 Å². The minimum atomic E-state index is -1.02. The van der Waals surface area contributed by atoms with Crippen molar-refractivity contribution in [2.75, 3.05) is 0 Å². The van der Waals surface area contributed by atoms with E-state index in [0.29, 0.717) is 18.4 Å². The molecule has 1 aliphatic rings. The lowest BCUT2D eigenvalue weighted by atomic mass is 9.77. The van der Waals surface area contributed by atoms with Crippen molar-refractivity contribution in [2.24, 2.45) is 5.92 Å². The molecule has 6 heteroatoms. The van der Waals surface area contributed by atoms with Crippen LogP contribution in [0.25, 0.3) is 5.52 Å². The van der Waals surface area contributed by atoms with Crippen LogP contribution in [0.5, 0.6) is 5.75 Å². The highest BCUT2D eigenvalue weighted by Gasteiger charge is 2.33. The number of hydrogen-bond donors (Lipinski definition) is 1. The predicted molar refractivity (Wildman–Crippen MR) is 131 cm³/mol. The minimum absolute atomic E-state index is 0.233. The number of rotatable bonds is 7. The Hall–Kier alpha value is -2.02. The maximum Gasteiger partial charge on any atom is 0.136 e. The van der Waals surface area contributed by atoms with E-state index in [2.05, 4.69) is 34.9 Å². The molecule has 5 nitrogen and oxygen atoms in total. The zero-order valence-corrected chi connectivity index (χ0v) is 20.4. The van der Waals surface area contributed by atoms with Crippen molar-refractivity contribution in [2.45, 2.75) is 76.7 Å². The first-order chi connectivity index (χ1) is 15.3. The summed E-state index contributed by atoms with van der Waals surface area (Å²) in [6, 6.07) is 14.6. The third kappa shape index (κ3) is 5.48. The smallest absolute Gasteiger partial charge is 0.136 e. The van der Waals surface area contributed by atoms with Crippen LogP contribution in [0.2, 0.25) is 0 Å². The fourth-order valence-corrected chi connectivity index (χ4v) is 5.38. The molecular weight excluding hydrogens is 418 g/mol. The first-order valence-electron chi connectivity index (χ1n) is 11.6. The largest absolute Gasteiger partial charge is 0.598 e. The Morgan fingerprint density at radius 2 is 1.88 bits per heavy atom. The van der Waals surface area contributed by atoms with Crippen molar-refractivity contribution in [3.63, 3.8) is 0 Å². The van der Waals surface area contributed by atoms with E-state index in [1.54, 1.807) is 0 Å². The van der Waals surface area contributed by atoms with E-state index in [-0.39, 0.29) is 10.8 Å². The monoisotopic (exact) mass is 453 g/mol. The quantitative estimate of drug-likeness (QED) is 0.471. The lowest BCUT2D eigenvalue weighted by molar-refractivity contribution is 0.280. The van der Waals surface area contributed by atoms with Gasteiger partial charge >= 0.3 is 0 Å². The highest BCUT2D eigenvalue weighted by Crippen LogP contribution is 2.39. The summed E-state index contributed by atoms with van der Waals surface area (Å²) in [4.78, 5) is 0. The van der Waals surface area contributed by atoms with Crippen LogP contribution in [-0.4, -0.2) is 25.0 Å². The van der Waals surface area contributed by atoms with E-state index >= 15 is 0 Å². The number of nitrogens with one attached hydrogen (secondary N) is 1. The number of aromatic nitrogens is 2. The van der Waals surface area contributed by atoms with E-state index in [4.69, 9.17) is 4.74 Å². The van der Waals surface area contributed by atoms with Gasteiger partial charge in [0.05, 0.1) is 17.8 Å². The summed E-state index contributed by atoms with van der Waals surface area (Å²) in [5.41, 5.74) is 3.61. The van der Waals surface area contributed by atoms with Crippen molar-refractivity contribution >= 4 is 16.9 Å². The molecule has 1 N–H and O–H groups in total. The number of ether oxygens (including phenoxy) is 1. The molecule has 32 heavy (non-hydrogen) atoms. The third-order valence-corrected chi connectivity index (χ3v) is 8.24. The SMILES string of the molecule is C[C@H](N[S+]([O-])C(C)(C)C)[C@H]1CC[C@H](c2cnn3ccc(OCc4ccccc4)cc23)CC1. The van der Waals surface area contributed by atoms with Gasteiger partial charge in [-0.1, -0.05) is 30.3 Å². The Morgan fingerprint density at radius 3 is 2.56 bits per heavy atom. The number of hydrogen-bond acceptors (Lipinski definition) is 4. The normalized spacial score (nSPS) is 21.4. The van der Waals surface area contributed by atoms with Crippen molar-refractivity contribution < 1.29 is 9.29 Å². The summed E-state index contributed by atoms with van der Waals surface area (Å²) in [6.07, 6.45) is 8.56. The second-order valence-corrected chi connectivity index (χ2v) is 12.0. The Morgan fingerprint density at radius 1 is 1.16 bits per heavy atom. The maximum absolute atomic E-state index is 12.5. The molecule has 1 aromatic carbocycles. The molecule has 0 bridgehead atoms. The summed E-state index contributed by atoms with van der Waals surface area (Å²) < 4.78 is 23.6. The van der Waals surface area contributed by atoms with E-state index in [1.165, 1.54) is 5.56 Å². The molecule has 1 aliphatic carbocycles. The van der Waals surface area contributed by atoms with Crippen LogP contribution < -0.4 is 9.46 Å². The van der Waals surface area contributed by atoms with E-state index < -0.39 is 11.4 Å². The molecule has 0 amide bonds. The molecule has 2 atom stereocenters. The van der Waals surface area contributed by atoms with Crippen LogP contribution in [0.1, 0.15) is 70.4 Å². The Bertz CT molecular complexity index is 1010. The number of pyridine rings is 1. The van der Waals surface area contributed by atoms with Crippen LogP contribution in [0, 0.1) is 5.92 Å². The van der Waals surface area contributed by atoms with Crippen molar-refractivity contribution in [1.29, 1.82) is 0 Å². The van der Waals surface area contributed by atoms with Gasteiger partial charge in [0.1, 0.15) is 17.1 Å². The van der Waals surface area contributed by atoms with Crippen LogP contribution in [0.4, 0.5) is 0 Å². The van der Waals surface area contributed by atoms with E-state index in [9.17, 15) is 4.55 Å². The van der Waals surface area contributed by atoms with Gasteiger partial charge in [-0.2, -0.15) is 5.10 Å². The van der Waals surface area contributed by atoms with Crippen LogP contribution in [0.15, 0.2) is 54.9 Å². The molecule has 2 aromatic heterocycles. The van der Waals surface area contributed by atoms with Gasteiger partial charge in [-0.25, -0.2) is 4.52 Å². The molecule has 172 valence electrons. The molecular formula is C26H35N3O2S. The standard InChI is InChI=1S/C26H35N3O2S/c1-19(28-32(30)26(2,3)4)21-10-12-22(13-11-21)24-17-27-29-15-14-23(16-25(24)29)31-18-20-8-6-5-7-9-20/h5-9,14-17,19,21-22,28H,10-13,18H2,1-4H3/t19-,21-,22-,32?/m0/s1. The molecule has 1 unspecified atom stereocenters. The summed E-state index contributed by atoms with van der Waals surface area (Å²) >= 11 is -1.02. The lowest BCUT2D eigenvalue weighted by Crippen LogP contribution is -2.46. The van der Waals surface area contributed by atoms with Crippen molar-refractivity contribution in [3.8, 4) is 5.75 Å². The highest BCUT2D eigenvalue weighted by molar-refractivity contribution is 7.90. The Balaban J connectivity index is 1.39. The van der Waals surface area contributed by atoms with E-state index in [0.717, 1.165) is 42.5 Å². The minimum Gasteiger partial charge on any atom is -0.598 e. The fraction of sp³-hybridized carbons (Fsp3) is 0.500. The lowest BCUT2D eigenvalue weighted by Gasteiger charge is -2.34. The van der Waals surface area contributed by atoms with Crippen molar-refractivity contribution in [1.82, 2.24) is 14.3 Å². The molecule has 0 aliphatic heterocycles. The third-order valence-electron chi connectivity index (χ3n) is 6.54. The fourth-order valence-electron chi connectivity index (χ4n) is 4.50. The molecule has 2 heterocycles. The first kappa shape index (κ1) is 23.1. The van der Waals surface area contributed by atoms with Gasteiger partial charge in [0.15, 0.2) is 0 Å². The molecule has 0 saturated heterocycles. The van der Waals surface area contributed by atoms with Gasteiger partial charge in [0, 0.05) is 29.2 Å². The number of fused-ring (bicyclic) bond motifs is 1. The Kier molecular flexibility index (Phi) is 7.13. The first-order valence-corrected chi connectivity index (χ1v) is 12.8. The van der Waals surface area contributed by atoms with Crippen molar-refractivity contribution in [3.05, 3.63) is 66.0 Å². The molecule has 1 fully saturated rings. The van der Waals surface area contributed by atoms with Crippen LogP contribution in [-0.2, 0) is 18.0 Å². The summed E-state index contributed by atoms with van der Waals surface area (Å²) in [7, 11) is 0. The summed E-state index contributed by atoms with van der Waals surface area (Å²) in [5.74, 6) is 1.94. The van der Waals surface area contributed by atoms with Crippen LogP contribution in [0.3, 0.4) is 0 Å². The predicted octanol–water partition coefficient (Wildman–Crippen LogP) is 5.63. The van der Waals surface area contributed by atoms with Gasteiger partial charge in [-0.15, -0.1) is 4.72 Å². The van der Waals surface area contributed by atoms with Crippen LogP contribution >= 0.6 is 0 Å². The zero-order valence-electron chi connectivity index (χ0n) is 19.6. The maximum atomic E-state index is 12.5. The summed E-state index contributed by atoms with van der Waals surface area (Å²) in [6.45, 7) is 8.79. The molecule has 4 rings (SSSR count). The average Bonchev–Trinajstić information content (AvgIpc) is 3.21. The van der Waals surface area contributed by atoms with Gasteiger partial charge < -0.3 is 9.29 Å². The zero-order chi connectivity index (χ0) is 22.7. The molecule has 0 spiro atoms.